The Hall–Kier alpha value is -1.37. The maximum atomic E-state index is 12.5. The molecule has 2 bridgehead atoms. The quantitative estimate of drug-likeness (QED) is 0.380. The second-order valence-corrected chi connectivity index (χ2v) is 10.5. The van der Waals surface area contributed by atoms with Crippen molar-refractivity contribution in [2.24, 2.45) is 22.5 Å². The van der Waals surface area contributed by atoms with Crippen LogP contribution in [0, 0.1) is 16.7 Å². The molecule has 32 heavy (non-hydrogen) atoms. The van der Waals surface area contributed by atoms with Crippen LogP contribution >= 0.6 is 13.5 Å². The molecule has 1 aromatic carbocycles. The van der Waals surface area contributed by atoms with Gasteiger partial charge in [-0.3, -0.25) is 4.79 Å². The Kier molecular flexibility index (Phi) is 9.59. The van der Waals surface area contributed by atoms with Crippen LogP contribution in [0.4, 0.5) is 0 Å². The molecule has 0 aliphatic heterocycles. The Morgan fingerprint density at radius 1 is 1.09 bits per heavy atom. The zero-order chi connectivity index (χ0) is 23.5. The topological polar surface area (TPSA) is 156 Å². The fraction of sp³-hybridized carbons (Fsp3) is 0.667. The van der Waals surface area contributed by atoms with Gasteiger partial charge in [-0.15, -0.1) is 0 Å². The molecule has 3 rings (SSSR count). The number of Topliss-reactive ketones (excluding diaryl/α,β-unsaturated/α-hetero) is 1. The molecule has 0 aromatic heterocycles. The summed E-state index contributed by atoms with van der Waals surface area (Å²) in [6.45, 7) is 2.82. The van der Waals surface area contributed by atoms with Crippen LogP contribution < -0.4 is 14.7 Å². The van der Waals surface area contributed by atoms with Gasteiger partial charge in [-0.05, 0) is 48.4 Å². The Bertz CT molecular complexity index is 860. The van der Waals surface area contributed by atoms with Gasteiger partial charge in [0.15, 0.2) is 0 Å². The van der Waals surface area contributed by atoms with Gasteiger partial charge in [-0.25, -0.2) is 0 Å². The van der Waals surface area contributed by atoms with Gasteiger partial charge in [0.25, 0.3) is 0 Å². The number of hydrogen-bond acceptors (Lipinski definition) is 9. The van der Waals surface area contributed by atoms with Crippen LogP contribution in [-0.4, -0.2) is 67.7 Å². The number of hydrogen-bond donors (Lipinski definition) is 4. The van der Waals surface area contributed by atoms with Crippen molar-refractivity contribution in [1.29, 1.82) is 0 Å². The highest BCUT2D eigenvalue weighted by molar-refractivity contribution is 7.87. The molecule has 11 heteroatoms. The summed E-state index contributed by atoms with van der Waals surface area (Å²) in [6, 6.07) is 6.37. The number of ether oxygens (including phenoxy) is 1. The summed E-state index contributed by atoms with van der Waals surface area (Å²) >= 11 is 0. The largest absolute Gasteiger partial charge is 0.497 e. The van der Waals surface area contributed by atoms with Crippen LogP contribution in [0.15, 0.2) is 24.3 Å². The summed E-state index contributed by atoms with van der Waals surface area (Å²) in [5.41, 5.74) is 2.84. The van der Waals surface area contributed by atoms with E-state index < -0.39 is 40.9 Å². The van der Waals surface area contributed by atoms with Crippen molar-refractivity contribution in [3.05, 3.63) is 24.3 Å². The average Bonchev–Trinajstić information content (AvgIpc) is 3.08. The Labute approximate surface area is 196 Å². The third-order valence-electron chi connectivity index (χ3n) is 6.79. The minimum Gasteiger partial charge on any atom is -0.497 e. The van der Waals surface area contributed by atoms with E-state index in [9.17, 15) is 13.2 Å². The number of rotatable bonds is 8. The fourth-order valence-corrected chi connectivity index (χ4v) is 6.11. The number of benzene rings is 1. The first kappa shape index (κ1) is 28.7. The minimum absolute atomic E-state index is 0. The Balaban J connectivity index is 0.000000491. The number of aliphatic hydroxyl groups is 3. The van der Waals surface area contributed by atoms with Gasteiger partial charge in [0.1, 0.15) is 17.3 Å². The van der Waals surface area contributed by atoms with E-state index in [1.54, 1.807) is 24.3 Å². The first-order valence-electron chi connectivity index (χ1n) is 10.1. The molecule has 2 aliphatic carbocycles. The van der Waals surface area contributed by atoms with E-state index in [2.05, 4.69) is 0 Å². The van der Waals surface area contributed by atoms with Crippen molar-refractivity contribution in [3.8, 4) is 11.5 Å². The number of fused-ring (bicyclic) bond motifs is 2. The predicted molar refractivity (Wildman–Crippen MR) is 125 cm³/mol. The van der Waals surface area contributed by atoms with Gasteiger partial charge in [0.2, 0.25) is 0 Å². The average molecular weight is 494 g/mol. The molecule has 2 unspecified atom stereocenters. The molecule has 1 aromatic rings. The van der Waals surface area contributed by atoms with Gasteiger partial charge in [0.05, 0.1) is 43.6 Å². The highest BCUT2D eigenvalue weighted by Crippen LogP contribution is 2.64. The van der Waals surface area contributed by atoms with Crippen molar-refractivity contribution in [2.45, 2.75) is 38.6 Å². The standard InChI is InChI=1S/C17H22O5S.C4H11NO3.H2S/c1-16(2)12-8-9-17(16,15(18)10-12)11-23(19,20)22-14-6-4-13(21-3)5-7-14;5-4(1-6,2-7)3-8;/h4-7,12H,8-11H2,1-3H3;6-8H,1-3,5H2;1H2. The second-order valence-electron chi connectivity index (χ2n) is 8.96. The maximum Gasteiger partial charge on any atom is 0.310 e. The summed E-state index contributed by atoms with van der Waals surface area (Å²) in [7, 11) is -2.31. The number of aliphatic hydroxyl groups excluding tert-OH is 3. The first-order chi connectivity index (χ1) is 14.4. The number of carbonyl (C=O) groups excluding carboxylic acids is 1. The highest BCUT2D eigenvalue weighted by atomic mass is 32.2. The van der Waals surface area contributed by atoms with E-state index >= 15 is 0 Å². The second kappa shape index (κ2) is 10.7. The van der Waals surface area contributed by atoms with Gasteiger partial charge in [0, 0.05) is 6.42 Å². The third-order valence-corrected chi connectivity index (χ3v) is 8.08. The summed E-state index contributed by atoms with van der Waals surface area (Å²) < 4.78 is 35.3. The predicted octanol–water partition coefficient (Wildman–Crippen LogP) is 0.573. The molecule has 0 radical (unpaired) electrons. The summed E-state index contributed by atoms with van der Waals surface area (Å²) in [6.07, 6.45) is 2.04. The van der Waals surface area contributed by atoms with E-state index in [0.29, 0.717) is 18.6 Å². The zero-order valence-electron chi connectivity index (χ0n) is 18.7. The molecule has 0 amide bonds. The van der Waals surface area contributed by atoms with Gasteiger partial charge in [-0.2, -0.15) is 21.9 Å². The van der Waals surface area contributed by atoms with Crippen molar-refractivity contribution in [3.63, 3.8) is 0 Å². The molecule has 0 spiro atoms. The molecule has 2 atom stereocenters. The Morgan fingerprint density at radius 2 is 1.59 bits per heavy atom. The normalized spacial score (nSPS) is 23.7. The molecule has 0 saturated heterocycles. The summed E-state index contributed by atoms with van der Waals surface area (Å²) in [5.74, 6) is 0.972. The van der Waals surface area contributed by atoms with Crippen LogP contribution in [0.2, 0.25) is 0 Å². The first-order valence-corrected chi connectivity index (χ1v) is 11.7. The van der Waals surface area contributed by atoms with E-state index in [1.165, 1.54) is 7.11 Å². The van der Waals surface area contributed by atoms with Gasteiger partial charge in [-0.1, -0.05) is 13.8 Å². The van der Waals surface area contributed by atoms with Crippen LogP contribution in [0.3, 0.4) is 0 Å². The molecule has 2 saturated carbocycles. The number of nitrogens with two attached hydrogens (primary N) is 1. The summed E-state index contributed by atoms with van der Waals surface area (Å²) in [4.78, 5) is 12.5. The molecule has 2 fully saturated rings. The molecular weight excluding hydrogens is 458 g/mol. The minimum atomic E-state index is -3.85. The van der Waals surface area contributed by atoms with E-state index in [-0.39, 0.29) is 42.1 Å². The van der Waals surface area contributed by atoms with Crippen molar-refractivity contribution < 1.29 is 37.5 Å². The monoisotopic (exact) mass is 493 g/mol. The fourth-order valence-electron chi connectivity index (χ4n) is 4.37. The molecule has 5 N–H and O–H groups in total. The Morgan fingerprint density at radius 3 is 1.94 bits per heavy atom. The SMILES string of the molecule is COc1ccc(OS(=O)(=O)CC23CCC(CC2=O)C3(C)C)cc1.NC(CO)(CO)CO.S. The molecular formula is C21H35NO8S2. The van der Waals surface area contributed by atoms with Gasteiger partial charge >= 0.3 is 10.1 Å². The number of methoxy groups -OCH3 is 1. The molecule has 0 heterocycles. The number of ketones is 1. The van der Waals surface area contributed by atoms with Crippen molar-refractivity contribution >= 4 is 29.4 Å². The van der Waals surface area contributed by atoms with Gasteiger partial charge < -0.3 is 30.0 Å². The van der Waals surface area contributed by atoms with Crippen molar-refractivity contribution in [2.75, 3.05) is 32.7 Å². The van der Waals surface area contributed by atoms with E-state index in [0.717, 1.165) is 6.42 Å². The molecule has 9 nitrogen and oxygen atoms in total. The van der Waals surface area contributed by atoms with E-state index in [1.807, 2.05) is 13.8 Å². The zero-order valence-corrected chi connectivity index (χ0v) is 20.5. The lowest BCUT2D eigenvalue weighted by Crippen LogP contribution is -2.50. The van der Waals surface area contributed by atoms with Crippen LogP contribution in [0.5, 0.6) is 11.5 Å². The van der Waals surface area contributed by atoms with E-state index in [4.69, 9.17) is 30.0 Å². The van der Waals surface area contributed by atoms with Crippen LogP contribution in [0.1, 0.15) is 33.1 Å². The smallest absolute Gasteiger partial charge is 0.310 e. The van der Waals surface area contributed by atoms with Crippen LogP contribution in [0.25, 0.3) is 0 Å². The number of carbonyl (C=O) groups is 1. The van der Waals surface area contributed by atoms with Crippen molar-refractivity contribution in [1.82, 2.24) is 0 Å². The summed E-state index contributed by atoms with van der Waals surface area (Å²) in [5, 5.41) is 25.0. The lowest BCUT2D eigenvalue weighted by Gasteiger charge is -2.35. The lowest BCUT2D eigenvalue weighted by atomic mass is 9.70. The maximum absolute atomic E-state index is 12.5. The molecule has 2 aliphatic rings. The lowest BCUT2D eigenvalue weighted by molar-refractivity contribution is -0.128. The van der Waals surface area contributed by atoms with Crippen LogP contribution in [-0.2, 0) is 14.9 Å². The highest BCUT2D eigenvalue weighted by Gasteiger charge is 2.65. The third kappa shape index (κ3) is 5.75. The molecule has 184 valence electrons.